The fourth-order valence-electron chi connectivity index (χ4n) is 2.92. The van der Waals surface area contributed by atoms with E-state index in [1.807, 2.05) is 54.6 Å². The molecule has 3 aromatic carbocycles. The highest BCUT2D eigenvalue weighted by molar-refractivity contribution is 9.10. The number of anilines is 1. The normalized spacial score (nSPS) is 17.7. The number of nitrogens with one attached hydrogen (secondary N) is 2. The number of nitrogens with zero attached hydrogens (tertiary/aromatic N) is 1. The van der Waals surface area contributed by atoms with Crippen molar-refractivity contribution in [1.82, 2.24) is 5.32 Å². The third-order valence-electron chi connectivity index (χ3n) is 4.26. The maximum Gasteiger partial charge on any atom is 0.240 e. The highest BCUT2D eigenvalue weighted by atomic mass is 79.9. The van der Waals surface area contributed by atoms with Crippen LogP contribution in [0, 0.1) is 0 Å². The first kappa shape index (κ1) is 18.7. The molecule has 1 saturated heterocycles. The summed E-state index contributed by atoms with van der Waals surface area (Å²) in [6.45, 7) is 0. The van der Waals surface area contributed by atoms with Crippen LogP contribution in [0.1, 0.15) is 6.42 Å². The SMILES string of the molecule is O=C(CC1SC(=Nc2cccc3ccccc23)NC1=O)Nc1ccc(Br)cc1. The number of amidine groups is 1. The Morgan fingerprint density at radius 3 is 2.64 bits per heavy atom. The topological polar surface area (TPSA) is 70.6 Å². The Labute approximate surface area is 174 Å². The van der Waals surface area contributed by atoms with E-state index in [0.717, 1.165) is 20.9 Å². The monoisotopic (exact) mass is 453 g/mol. The van der Waals surface area contributed by atoms with Crippen molar-refractivity contribution in [3.8, 4) is 0 Å². The zero-order chi connectivity index (χ0) is 19.5. The van der Waals surface area contributed by atoms with Crippen LogP contribution in [0.3, 0.4) is 0 Å². The molecule has 1 unspecified atom stereocenters. The van der Waals surface area contributed by atoms with Gasteiger partial charge in [-0.25, -0.2) is 4.99 Å². The van der Waals surface area contributed by atoms with Crippen molar-refractivity contribution in [2.75, 3.05) is 5.32 Å². The molecule has 2 N–H and O–H groups in total. The van der Waals surface area contributed by atoms with Gasteiger partial charge < -0.3 is 10.6 Å². The van der Waals surface area contributed by atoms with Crippen molar-refractivity contribution in [3.05, 3.63) is 71.2 Å². The third-order valence-corrected chi connectivity index (χ3v) is 5.87. The Balaban J connectivity index is 1.45. The van der Waals surface area contributed by atoms with Crippen LogP contribution in [-0.4, -0.2) is 22.2 Å². The molecule has 0 radical (unpaired) electrons. The number of aliphatic imine (C=N–C) groups is 1. The quantitative estimate of drug-likeness (QED) is 0.592. The molecular formula is C21H16BrN3O2S. The lowest BCUT2D eigenvalue weighted by atomic mass is 10.1. The molecule has 1 fully saturated rings. The highest BCUT2D eigenvalue weighted by Gasteiger charge is 2.32. The van der Waals surface area contributed by atoms with E-state index in [9.17, 15) is 9.59 Å². The number of rotatable bonds is 4. The summed E-state index contributed by atoms with van der Waals surface area (Å²) in [6, 6.07) is 21.1. The number of thioether (sulfide) groups is 1. The predicted molar refractivity (Wildman–Crippen MR) is 118 cm³/mol. The molecule has 0 bridgehead atoms. The molecule has 0 aliphatic carbocycles. The average Bonchev–Trinajstić information content (AvgIpc) is 3.03. The van der Waals surface area contributed by atoms with Crippen LogP contribution in [0.4, 0.5) is 11.4 Å². The van der Waals surface area contributed by atoms with Gasteiger partial charge in [0.2, 0.25) is 11.8 Å². The largest absolute Gasteiger partial charge is 0.326 e. The van der Waals surface area contributed by atoms with Gasteiger partial charge in [0.1, 0.15) is 5.25 Å². The third kappa shape index (κ3) is 4.26. The minimum Gasteiger partial charge on any atom is -0.326 e. The predicted octanol–water partition coefficient (Wildman–Crippen LogP) is 4.85. The van der Waals surface area contributed by atoms with E-state index in [2.05, 4.69) is 31.6 Å². The first-order chi connectivity index (χ1) is 13.6. The Morgan fingerprint density at radius 1 is 1.07 bits per heavy atom. The van der Waals surface area contributed by atoms with Gasteiger partial charge in [-0.2, -0.15) is 0 Å². The van der Waals surface area contributed by atoms with Gasteiger partial charge in [-0.05, 0) is 35.7 Å². The van der Waals surface area contributed by atoms with Crippen molar-refractivity contribution >= 4 is 66.8 Å². The maximum atomic E-state index is 12.3. The second-order valence-corrected chi connectivity index (χ2v) is 8.38. The van der Waals surface area contributed by atoms with Crippen molar-refractivity contribution in [2.24, 2.45) is 4.99 Å². The molecule has 3 aromatic rings. The first-order valence-corrected chi connectivity index (χ1v) is 10.4. The average molecular weight is 454 g/mol. The Bertz CT molecular complexity index is 1080. The summed E-state index contributed by atoms with van der Waals surface area (Å²) in [5, 5.41) is 7.72. The number of carbonyl (C=O) groups excluding carboxylic acids is 2. The summed E-state index contributed by atoms with van der Waals surface area (Å²) >= 11 is 4.64. The van der Waals surface area contributed by atoms with Crippen LogP contribution in [0.2, 0.25) is 0 Å². The molecule has 4 rings (SSSR count). The highest BCUT2D eigenvalue weighted by Crippen LogP contribution is 2.30. The zero-order valence-electron chi connectivity index (χ0n) is 14.7. The number of halogens is 1. The molecule has 5 nitrogen and oxygen atoms in total. The van der Waals surface area contributed by atoms with Crippen LogP contribution in [0.5, 0.6) is 0 Å². The van der Waals surface area contributed by atoms with Crippen LogP contribution in [0.25, 0.3) is 10.8 Å². The van der Waals surface area contributed by atoms with Gasteiger partial charge in [0.05, 0.1) is 5.69 Å². The van der Waals surface area contributed by atoms with E-state index in [1.165, 1.54) is 11.8 Å². The molecule has 140 valence electrons. The van der Waals surface area contributed by atoms with Gasteiger partial charge >= 0.3 is 0 Å². The number of benzene rings is 3. The lowest BCUT2D eigenvalue weighted by Gasteiger charge is -2.07. The molecular weight excluding hydrogens is 438 g/mol. The molecule has 1 aliphatic heterocycles. The molecule has 28 heavy (non-hydrogen) atoms. The molecule has 1 atom stereocenters. The van der Waals surface area contributed by atoms with Crippen LogP contribution in [-0.2, 0) is 9.59 Å². The van der Waals surface area contributed by atoms with Crippen molar-refractivity contribution in [3.63, 3.8) is 0 Å². The summed E-state index contributed by atoms with van der Waals surface area (Å²) in [6.07, 6.45) is 0.0844. The van der Waals surface area contributed by atoms with Gasteiger partial charge in [-0.15, -0.1) is 0 Å². The number of amides is 2. The zero-order valence-corrected chi connectivity index (χ0v) is 17.1. The van der Waals surface area contributed by atoms with E-state index >= 15 is 0 Å². The van der Waals surface area contributed by atoms with Crippen molar-refractivity contribution < 1.29 is 9.59 Å². The second kappa shape index (κ2) is 8.16. The number of carbonyl (C=O) groups is 2. The number of fused-ring (bicyclic) bond motifs is 1. The minimum atomic E-state index is -0.496. The van der Waals surface area contributed by atoms with E-state index in [1.54, 1.807) is 12.1 Å². The summed E-state index contributed by atoms with van der Waals surface area (Å²) in [5.74, 6) is -0.406. The lowest BCUT2D eigenvalue weighted by molar-refractivity contribution is -0.122. The summed E-state index contributed by atoms with van der Waals surface area (Å²) in [4.78, 5) is 29.2. The molecule has 7 heteroatoms. The fraction of sp³-hybridized carbons (Fsp3) is 0.0952. The van der Waals surface area contributed by atoms with Gasteiger partial charge in [0.15, 0.2) is 5.17 Å². The molecule has 0 spiro atoms. The maximum absolute atomic E-state index is 12.3. The standard InChI is InChI=1S/C21H16BrN3O2S/c22-14-8-10-15(11-9-14)23-19(26)12-18-20(27)25-21(28-18)24-17-7-3-5-13-4-1-2-6-16(13)17/h1-11,18H,12H2,(H,23,26)(H,24,25,27). The summed E-state index contributed by atoms with van der Waals surface area (Å²) in [5.41, 5.74) is 1.49. The lowest BCUT2D eigenvalue weighted by Crippen LogP contribution is -2.28. The number of hydrogen-bond acceptors (Lipinski definition) is 4. The van der Waals surface area contributed by atoms with E-state index in [0.29, 0.717) is 10.9 Å². The van der Waals surface area contributed by atoms with Crippen molar-refractivity contribution in [1.29, 1.82) is 0 Å². The van der Waals surface area contributed by atoms with Crippen molar-refractivity contribution in [2.45, 2.75) is 11.7 Å². The summed E-state index contributed by atoms with van der Waals surface area (Å²) in [7, 11) is 0. The minimum absolute atomic E-state index is 0.0844. The molecule has 1 heterocycles. The van der Waals surface area contributed by atoms with Gasteiger partial charge in [-0.1, -0.05) is 64.1 Å². The smallest absolute Gasteiger partial charge is 0.240 e. The molecule has 0 saturated carbocycles. The van der Waals surface area contributed by atoms with Crippen LogP contribution in [0.15, 0.2) is 76.2 Å². The summed E-state index contributed by atoms with van der Waals surface area (Å²) < 4.78 is 0.936. The van der Waals surface area contributed by atoms with Gasteiger partial charge in [-0.3, -0.25) is 9.59 Å². The van der Waals surface area contributed by atoms with Crippen LogP contribution < -0.4 is 10.6 Å². The van der Waals surface area contributed by atoms with Gasteiger partial charge in [0, 0.05) is 22.0 Å². The molecule has 0 aromatic heterocycles. The molecule has 2 amide bonds. The van der Waals surface area contributed by atoms with E-state index < -0.39 is 5.25 Å². The second-order valence-electron chi connectivity index (χ2n) is 6.27. The van der Waals surface area contributed by atoms with E-state index in [4.69, 9.17) is 0 Å². The Hall–Kier alpha value is -2.64. The van der Waals surface area contributed by atoms with E-state index in [-0.39, 0.29) is 18.2 Å². The molecule has 1 aliphatic rings. The number of hydrogen-bond donors (Lipinski definition) is 2. The Kier molecular flexibility index (Phi) is 5.45. The Morgan fingerprint density at radius 2 is 1.82 bits per heavy atom. The van der Waals surface area contributed by atoms with Crippen LogP contribution >= 0.6 is 27.7 Å². The first-order valence-electron chi connectivity index (χ1n) is 8.68. The van der Waals surface area contributed by atoms with Gasteiger partial charge in [0.25, 0.3) is 0 Å². The fourth-order valence-corrected chi connectivity index (χ4v) is 4.17.